The van der Waals surface area contributed by atoms with Gasteiger partial charge in [0.15, 0.2) is 0 Å². The molecule has 1 aliphatic rings. The van der Waals surface area contributed by atoms with Crippen molar-refractivity contribution in [1.29, 1.82) is 0 Å². The summed E-state index contributed by atoms with van der Waals surface area (Å²) < 4.78 is 5.33. The molecule has 0 amide bonds. The smallest absolute Gasteiger partial charge is 0.310 e. The van der Waals surface area contributed by atoms with Crippen molar-refractivity contribution >= 4 is 5.97 Å². The van der Waals surface area contributed by atoms with Crippen LogP contribution in [0.25, 0.3) is 0 Å². The average molecular weight is 291 g/mol. The number of ether oxygens (including phenoxy) is 1. The van der Waals surface area contributed by atoms with Gasteiger partial charge >= 0.3 is 5.97 Å². The predicted molar refractivity (Wildman–Crippen MR) is 82.3 cm³/mol. The highest BCUT2D eigenvalue weighted by Gasteiger charge is 2.36. The van der Waals surface area contributed by atoms with E-state index >= 15 is 0 Å². The van der Waals surface area contributed by atoms with E-state index < -0.39 is 11.9 Å². The Morgan fingerprint density at radius 3 is 2.43 bits per heavy atom. The van der Waals surface area contributed by atoms with E-state index in [0.29, 0.717) is 13.2 Å². The Morgan fingerprint density at radius 2 is 1.90 bits per heavy atom. The zero-order chi connectivity index (χ0) is 15.6. The summed E-state index contributed by atoms with van der Waals surface area (Å²) in [6.45, 7) is 8.13. The Kier molecular flexibility index (Phi) is 4.69. The first-order valence-corrected chi connectivity index (χ1v) is 7.39. The second kappa shape index (κ2) is 6.16. The van der Waals surface area contributed by atoms with Gasteiger partial charge in [-0.2, -0.15) is 0 Å². The lowest BCUT2D eigenvalue weighted by molar-refractivity contribution is -0.143. The number of carbonyl (C=O) groups is 1. The van der Waals surface area contributed by atoms with E-state index in [1.807, 2.05) is 7.05 Å². The van der Waals surface area contributed by atoms with Gasteiger partial charge in [-0.05, 0) is 23.6 Å². The van der Waals surface area contributed by atoms with Crippen LogP contribution in [0.4, 0.5) is 0 Å². The van der Waals surface area contributed by atoms with Crippen LogP contribution in [-0.2, 0) is 21.5 Å². The monoisotopic (exact) mass is 291 g/mol. The predicted octanol–water partition coefficient (Wildman–Crippen LogP) is 2.52. The molecule has 0 radical (unpaired) electrons. The molecule has 1 saturated heterocycles. The zero-order valence-electron chi connectivity index (χ0n) is 13.3. The first-order chi connectivity index (χ1) is 9.79. The lowest BCUT2D eigenvalue weighted by atomic mass is 9.86. The van der Waals surface area contributed by atoms with Crippen molar-refractivity contribution in [1.82, 2.24) is 4.90 Å². The average Bonchev–Trinajstić information content (AvgIpc) is 2.87. The van der Waals surface area contributed by atoms with E-state index in [0.717, 1.165) is 6.54 Å². The molecular formula is C17H25NO3. The summed E-state index contributed by atoms with van der Waals surface area (Å²) in [6, 6.07) is 8.52. The summed E-state index contributed by atoms with van der Waals surface area (Å²) in [5.41, 5.74) is 2.65. The van der Waals surface area contributed by atoms with E-state index in [1.54, 1.807) is 0 Å². The molecule has 1 fully saturated rings. The molecule has 0 spiro atoms. The van der Waals surface area contributed by atoms with Crippen molar-refractivity contribution in [2.24, 2.45) is 5.92 Å². The Morgan fingerprint density at radius 1 is 1.29 bits per heavy atom. The molecule has 116 valence electrons. The largest absolute Gasteiger partial charge is 0.481 e. The number of hydrogen-bond acceptors (Lipinski definition) is 3. The highest BCUT2D eigenvalue weighted by Crippen LogP contribution is 2.24. The normalized spacial score (nSPS) is 22.7. The van der Waals surface area contributed by atoms with Crippen LogP contribution in [0.1, 0.15) is 31.9 Å². The van der Waals surface area contributed by atoms with E-state index in [2.05, 4.69) is 49.9 Å². The van der Waals surface area contributed by atoms with Gasteiger partial charge in [0.2, 0.25) is 0 Å². The summed E-state index contributed by atoms with van der Waals surface area (Å²) in [7, 11) is 1.97. The molecular weight excluding hydrogens is 266 g/mol. The fourth-order valence-corrected chi connectivity index (χ4v) is 2.73. The number of carboxylic acid groups (broad SMARTS) is 1. The molecule has 0 bridgehead atoms. The van der Waals surface area contributed by atoms with Crippen LogP contribution in [0, 0.1) is 5.92 Å². The van der Waals surface area contributed by atoms with E-state index in [4.69, 9.17) is 4.74 Å². The summed E-state index contributed by atoms with van der Waals surface area (Å²) in [6.07, 6.45) is 0. The van der Waals surface area contributed by atoms with Gasteiger partial charge in [0.1, 0.15) is 0 Å². The molecule has 1 aromatic rings. The standard InChI is InChI=1S/C17H25NO3/c1-17(2,3)13-7-5-12(6-8-13)9-18(4)15-11-21-10-14(15)16(19)20/h5-8,14-15H,9-11H2,1-4H3,(H,19,20). The van der Waals surface area contributed by atoms with Gasteiger partial charge in [-0.25, -0.2) is 0 Å². The number of benzene rings is 1. The van der Waals surface area contributed by atoms with Gasteiger partial charge in [0.05, 0.1) is 19.1 Å². The second-order valence-electron chi connectivity index (χ2n) is 6.91. The van der Waals surface area contributed by atoms with Crippen molar-refractivity contribution < 1.29 is 14.6 Å². The molecule has 1 aromatic carbocycles. The minimum Gasteiger partial charge on any atom is -0.481 e. The van der Waals surface area contributed by atoms with Crippen LogP contribution < -0.4 is 0 Å². The van der Waals surface area contributed by atoms with Crippen LogP contribution in [0.5, 0.6) is 0 Å². The van der Waals surface area contributed by atoms with E-state index in [-0.39, 0.29) is 11.5 Å². The van der Waals surface area contributed by atoms with E-state index in [9.17, 15) is 9.90 Å². The minimum atomic E-state index is -0.771. The first kappa shape index (κ1) is 16.0. The molecule has 2 unspecified atom stereocenters. The number of carboxylic acids is 1. The maximum absolute atomic E-state index is 11.2. The topological polar surface area (TPSA) is 49.8 Å². The van der Waals surface area contributed by atoms with Crippen LogP contribution in [0.2, 0.25) is 0 Å². The molecule has 0 aliphatic carbocycles. The van der Waals surface area contributed by atoms with Crippen LogP contribution in [0.15, 0.2) is 24.3 Å². The van der Waals surface area contributed by atoms with Crippen LogP contribution in [-0.4, -0.2) is 42.3 Å². The fourth-order valence-electron chi connectivity index (χ4n) is 2.73. The maximum atomic E-state index is 11.2. The molecule has 4 nitrogen and oxygen atoms in total. The third-order valence-corrected chi connectivity index (χ3v) is 4.19. The summed E-state index contributed by atoms with van der Waals surface area (Å²) in [5, 5.41) is 9.22. The zero-order valence-corrected chi connectivity index (χ0v) is 13.3. The molecule has 1 N–H and O–H groups in total. The van der Waals surface area contributed by atoms with Gasteiger partial charge in [0.25, 0.3) is 0 Å². The number of rotatable bonds is 4. The lowest BCUT2D eigenvalue weighted by Gasteiger charge is -2.26. The Hall–Kier alpha value is -1.39. The van der Waals surface area contributed by atoms with Crippen molar-refractivity contribution in [2.75, 3.05) is 20.3 Å². The molecule has 2 atom stereocenters. The van der Waals surface area contributed by atoms with Crippen LogP contribution >= 0.6 is 0 Å². The summed E-state index contributed by atoms with van der Waals surface area (Å²) >= 11 is 0. The Balaban J connectivity index is 2.02. The maximum Gasteiger partial charge on any atom is 0.310 e. The summed E-state index contributed by atoms with van der Waals surface area (Å²) in [4.78, 5) is 13.3. The van der Waals surface area contributed by atoms with Crippen molar-refractivity contribution in [3.63, 3.8) is 0 Å². The number of aliphatic carboxylic acids is 1. The number of nitrogens with zero attached hydrogens (tertiary/aromatic N) is 1. The summed E-state index contributed by atoms with van der Waals surface area (Å²) in [5.74, 6) is -1.20. The SMILES string of the molecule is CN(Cc1ccc(C(C)(C)C)cc1)C1COCC1C(=O)O. The third-order valence-electron chi connectivity index (χ3n) is 4.19. The molecule has 4 heteroatoms. The number of hydrogen-bond donors (Lipinski definition) is 1. The number of likely N-dealkylation sites (N-methyl/N-ethyl adjacent to an activating group) is 1. The third kappa shape index (κ3) is 3.83. The van der Waals surface area contributed by atoms with E-state index in [1.165, 1.54) is 11.1 Å². The van der Waals surface area contributed by atoms with Gasteiger partial charge in [0, 0.05) is 12.6 Å². The molecule has 0 aromatic heterocycles. The highest BCUT2D eigenvalue weighted by atomic mass is 16.5. The fraction of sp³-hybridized carbons (Fsp3) is 0.588. The quantitative estimate of drug-likeness (QED) is 0.926. The van der Waals surface area contributed by atoms with Gasteiger partial charge in [-0.1, -0.05) is 45.0 Å². The van der Waals surface area contributed by atoms with Crippen molar-refractivity contribution in [3.05, 3.63) is 35.4 Å². The lowest BCUT2D eigenvalue weighted by Crippen LogP contribution is -2.40. The Bertz CT molecular complexity index is 490. The van der Waals surface area contributed by atoms with Gasteiger partial charge < -0.3 is 9.84 Å². The molecule has 0 saturated carbocycles. The Labute approximate surface area is 126 Å². The van der Waals surface area contributed by atoms with Crippen molar-refractivity contribution in [2.45, 2.75) is 38.8 Å². The molecule has 1 heterocycles. The first-order valence-electron chi connectivity index (χ1n) is 7.39. The van der Waals surface area contributed by atoms with Gasteiger partial charge in [-0.15, -0.1) is 0 Å². The molecule has 2 rings (SSSR count). The molecule has 21 heavy (non-hydrogen) atoms. The highest BCUT2D eigenvalue weighted by molar-refractivity contribution is 5.71. The minimum absolute atomic E-state index is 0.0511. The molecule has 1 aliphatic heterocycles. The van der Waals surface area contributed by atoms with Crippen LogP contribution in [0.3, 0.4) is 0 Å². The van der Waals surface area contributed by atoms with Gasteiger partial charge in [-0.3, -0.25) is 9.69 Å². The second-order valence-corrected chi connectivity index (χ2v) is 6.91. The van der Waals surface area contributed by atoms with Crippen molar-refractivity contribution in [3.8, 4) is 0 Å².